The summed E-state index contributed by atoms with van der Waals surface area (Å²) in [5.74, 6) is 7.02. The summed E-state index contributed by atoms with van der Waals surface area (Å²) >= 11 is 6.28. The molecule has 0 spiro atoms. The fourth-order valence-electron chi connectivity index (χ4n) is 2.90. The van der Waals surface area contributed by atoms with Gasteiger partial charge in [-0.1, -0.05) is 24.0 Å². The van der Waals surface area contributed by atoms with E-state index in [-0.39, 0.29) is 6.61 Å². The summed E-state index contributed by atoms with van der Waals surface area (Å²) in [6.45, 7) is 7.32. The Morgan fingerprint density at radius 1 is 0.970 bits per heavy atom. The van der Waals surface area contributed by atoms with E-state index in [0.29, 0.717) is 31.1 Å². The third-order valence-electron chi connectivity index (χ3n) is 4.32. The minimum atomic E-state index is -1.11. The van der Waals surface area contributed by atoms with Crippen molar-refractivity contribution in [2.75, 3.05) is 26.4 Å². The van der Waals surface area contributed by atoms with Crippen LogP contribution in [0.5, 0.6) is 17.2 Å². The highest BCUT2D eigenvalue weighted by atomic mass is 35.5. The van der Waals surface area contributed by atoms with E-state index < -0.39 is 17.5 Å². The maximum Gasteiger partial charge on any atom is 0.334 e. The van der Waals surface area contributed by atoms with Crippen LogP contribution in [-0.2, 0) is 9.53 Å². The maximum absolute atomic E-state index is 11.3. The summed E-state index contributed by atoms with van der Waals surface area (Å²) in [7, 11) is 0. The topological polar surface area (TPSA) is 74.2 Å². The van der Waals surface area contributed by atoms with Gasteiger partial charge in [-0.05, 0) is 62.8 Å². The maximum atomic E-state index is 11.3. The number of halogens is 1. The summed E-state index contributed by atoms with van der Waals surface area (Å²) in [6.07, 6.45) is 2.41. The fourth-order valence-corrected chi connectivity index (χ4v) is 3.23. The number of carbonyl (C=O) groups is 1. The molecule has 2 unspecified atom stereocenters. The van der Waals surface area contributed by atoms with Crippen LogP contribution in [0.3, 0.4) is 0 Å². The highest BCUT2D eigenvalue weighted by molar-refractivity contribution is 6.22. The van der Waals surface area contributed by atoms with Crippen molar-refractivity contribution in [2.45, 2.75) is 32.3 Å². The molecule has 2 aromatic rings. The lowest BCUT2D eigenvalue weighted by Gasteiger charge is -2.18. The quantitative estimate of drug-likeness (QED) is 0.336. The van der Waals surface area contributed by atoms with Gasteiger partial charge >= 0.3 is 5.97 Å². The monoisotopic (exact) mass is 472 g/mol. The predicted molar refractivity (Wildman–Crippen MR) is 128 cm³/mol. The molecule has 0 bridgehead atoms. The van der Waals surface area contributed by atoms with Crippen molar-refractivity contribution in [1.82, 2.24) is 0 Å². The smallest absolute Gasteiger partial charge is 0.334 e. The number of aliphatic carboxylic acids is 1. The van der Waals surface area contributed by atoms with Gasteiger partial charge < -0.3 is 24.1 Å². The van der Waals surface area contributed by atoms with Gasteiger partial charge in [0.2, 0.25) is 0 Å². The van der Waals surface area contributed by atoms with Crippen LogP contribution in [0, 0.1) is 11.8 Å². The van der Waals surface area contributed by atoms with Crippen LogP contribution in [0.4, 0.5) is 0 Å². The molecule has 1 N–H and O–H groups in total. The molecule has 0 amide bonds. The predicted octanol–water partition coefficient (Wildman–Crippen LogP) is 5.24. The van der Waals surface area contributed by atoms with Crippen LogP contribution in [0.25, 0.3) is 0 Å². The van der Waals surface area contributed by atoms with Gasteiger partial charge in [-0.3, -0.25) is 0 Å². The van der Waals surface area contributed by atoms with Crippen molar-refractivity contribution in [2.24, 2.45) is 0 Å². The molecular formula is C26H29ClO6. The van der Waals surface area contributed by atoms with Gasteiger partial charge in [0.15, 0.2) is 6.10 Å². The lowest BCUT2D eigenvalue weighted by atomic mass is 10.1. The fraction of sp³-hybridized carbons (Fsp3) is 0.346. The molecule has 0 radical (unpaired) electrons. The highest BCUT2D eigenvalue weighted by Gasteiger charge is 2.28. The normalized spacial score (nSPS) is 12.5. The van der Waals surface area contributed by atoms with Crippen LogP contribution < -0.4 is 14.2 Å². The zero-order valence-electron chi connectivity index (χ0n) is 19.0. The van der Waals surface area contributed by atoms with Gasteiger partial charge in [0, 0.05) is 18.2 Å². The summed E-state index contributed by atoms with van der Waals surface area (Å²) in [5.41, 5.74) is 1.44. The second kappa shape index (κ2) is 14.1. The molecule has 0 aliphatic rings. The third kappa shape index (κ3) is 8.72. The van der Waals surface area contributed by atoms with E-state index in [2.05, 4.69) is 11.8 Å². The summed E-state index contributed by atoms with van der Waals surface area (Å²) in [5, 5.41) is 8.47. The first-order valence-corrected chi connectivity index (χ1v) is 11.2. The minimum Gasteiger partial charge on any atom is -0.494 e. The lowest BCUT2D eigenvalue weighted by Crippen LogP contribution is -2.28. The number of hydrogen-bond donors (Lipinski definition) is 1. The summed E-state index contributed by atoms with van der Waals surface area (Å²) < 4.78 is 22.0. The molecule has 33 heavy (non-hydrogen) atoms. The molecule has 2 rings (SSSR count). The number of carboxylic acid groups (broad SMARTS) is 1. The average molecular weight is 473 g/mol. The Bertz CT molecular complexity index is 950. The van der Waals surface area contributed by atoms with Crippen LogP contribution in [0.2, 0.25) is 0 Å². The Morgan fingerprint density at radius 3 is 2.15 bits per heavy atom. The van der Waals surface area contributed by atoms with Crippen LogP contribution >= 0.6 is 11.6 Å². The van der Waals surface area contributed by atoms with Crippen molar-refractivity contribution in [3.8, 4) is 29.1 Å². The molecule has 0 aliphatic carbocycles. The third-order valence-corrected chi connectivity index (χ3v) is 4.80. The van der Waals surface area contributed by atoms with Crippen molar-refractivity contribution in [3.63, 3.8) is 0 Å². The summed E-state index contributed by atoms with van der Waals surface area (Å²) in [4.78, 5) is 11.3. The highest BCUT2D eigenvalue weighted by Crippen LogP contribution is 2.28. The Hall–Kier alpha value is -3.14. The average Bonchev–Trinajstić information content (AvgIpc) is 2.80. The number of ether oxygens (including phenoxy) is 4. The first-order valence-electron chi connectivity index (χ1n) is 10.8. The molecule has 0 aromatic heterocycles. The van der Waals surface area contributed by atoms with Crippen molar-refractivity contribution >= 4 is 17.6 Å². The number of rotatable bonds is 12. The van der Waals surface area contributed by atoms with Gasteiger partial charge in [-0.15, -0.1) is 11.6 Å². The van der Waals surface area contributed by atoms with Crippen LogP contribution in [0.1, 0.15) is 37.3 Å². The van der Waals surface area contributed by atoms with Gasteiger partial charge in [-0.25, -0.2) is 4.79 Å². The van der Waals surface area contributed by atoms with E-state index in [9.17, 15) is 9.90 Å². The van der Waals surface area contributed by atoms with E-state index in [1.54, 1.807) is 43.3 Å². The molecule has 2 atom stereocenters. The first-order chi connectivity index (χ1) is 16.0. The Morgan fingerprint density at radius 2 is 1.61 bits per heavy atom. The second-order valence-electron chi connectivity index (χ2n) is 6.73. The van der Waals surface area contributed by atoms with Gasteiger partial charge in [0.25, 0.3) is 0 Å². The zero-order chi connectivity index (χ0) is 24.1. The van der Waals surface area contributed by atoms with Crippen LogP contribution in [0.15, 0.2) is 54.6 Å². The van der Waals surface area contributed by atoms with Gasteiger partial charge in [0.1, 0.15) is 23.9 Å². The molecule has 176 valence electrons. The van der Waals surface area contributed by atoms with E-state index in [4.69, 9.17) is 30.5 Å². The number of alkyl halides is 1. The lowest BCUT2D eigenvalue weighted by molar-refractivity contribution is -0.150. The SMILES string of the molecule is CCOc1cc(C#CC=CCOc2ccc(C(Cl)C(OCC)C(=O)O)cc2)cc(OCC)c1. The van der Waals surface area contributed by atoms with Crippen molar-refractivity contribution in [1.29, 1.82) is 0 Å². The van der Waals surface area contributed by atoms with Gasteiger partial charge in [0.05, 0.1) is 18.6 Å². The van der Waals surface area contributed by atoms with Crippen molar-refractivity contribution < 1.29 is 28.8 Å². The molecule has 0 saturated carbocycles. The Kier molecular flexibility index (Phi) is 11.2. The number of hydrogen-bond acceptors (Lipinski definition) is 5. The minimum absolute atomic E-state index is 0.266. The number of carboxylic acids is 1. The molecule has 0 saturated heterocycles. The molecule has 2 aromatic carbocycles. The number of benzene rings is 2. The van der Waals surface area contributed by atoms with E-state index in [1.165, 1.54) is 0 Å². The molecule has 0 fully saturated rings. The zero-order valence-corrected chi connectivity index (χ0v) is 19.8. The Balaban J connectivity index is 1.92. The second-order valence-corrected chi connectivity index (χ2v) is 7.20. The van der Waals surface area contributed by atoms with E-state index >= 15 is 0 Å². The molecule has 7 heteroatoms. The Labute approximate surface area is 200 Å². The van der Waals surface area contributed by atoms with Crippen LogP contribution in [-0.4, -0.2) is 43.6 Å². The molecule has 6 nitrogen and oxygen atoms in total. The van der Waals surface area contributed by atoms with Gasteiger partial charge in [-0.2, -0.15) is 0 Å². The largest absolute Gasteiger partial charge is 0.494 e. The summed E-state index contributed by atoms with van der Waals surface area (Å²) in [6, 6.07) is 12.5. The number of allylic oxidation sites excluding steroid dienone is 1. The van der Waals surface area contributed by atoms with E-state index in [1.807, 2.05) is 32.0 Å². The van der Waals surface area contributed by atoms with E-state index in [0.717, 1.165) is 17.1 Å². The molecular weight excluding hydrogens is 444 g/mol. The molecule has 0 heterocycles. The first kappa shape index (κ1) is 26.1. The standard InChI is InChI=1S/C26H29ClO6/c1-4-30-22-16-19(17-23(18-22)31-5-2)10-8-7-9-15-33-21-13-11-20(12-14-21)24(27)25(26(28)29)32-6-3/h7,9,11-14,16-18,24-25H,4-6,15H2,1-3H3,(H,28,29). The van der Waals surface area contributed by atoms with Crippen molar-refractivity contribution in [3.05, 3.63) is 65.7 Å². The molecule has 0 aliphatic heterocycles.